The normalized spacial score (nSPS) is 10.5. The molecule has 3 nitrogen and oxygen atoms in total. The number of ether oxygens (including phenoxy) is 1. The van der Waals surface area contributed by atoms with Gasteiger partial charge >= 0.3 is 0 Å². The van der Waals surface area contributed by atoms with Crippen molar-refractivity contribution in [1.29, 1.82) is 0 Å². The molecule has 4 heteroatoms. The van der Waals surface area contributed by atoms with E-state index < -0.39 is 0 Å². The maximum atomic E-state index is 11.5. The van der Waals surface area contributed by atoms with Crippen molar-refractivity contribution in [1.82, 2.24) is 0 Å². The van der Waals surface area contributed by atoms with Crippen LogP contribution in [0.25, 0.3) is 0 Å². The van der Waals surface area contributed by atoms with Gasteiger partial charge in [-0.25, -0.2) is 4.99 Å². The number of aliphatic imine (C=N–C) groups is 1. The summed E-state index contributed by atoms with van der Waals surface area (Å²) in [6, 6.07) is 6.90. The number of hydrogen-bond acceptors (Lipinski definition) is 3. The smallest absolute Gasteiger partial charge is 0.277 e. The minimum atomic E-state index is -0.224. The van der Waals surface area contributed by atoms with Crippen molar-refractivity contribution in [2.75, 3.05) is 12.9 Å². The van der Waals surface area contributed by atoms with E-state index in [4.69, 9.17) is 4.74 Å². The van der Waals surface area contributed by atoms with Crippen molar-refractivity contribution in [3.05, 3.63) is 29.8 Å². The molecule has 0 fully saturated rings. The predicted octanol–water partition coefficient (Wildman–Crippen LogP) is 2.62. The molecule has 0 aliphatic rings. The Morgan fingerprint density at radius 3 is 2.67 bits per heavy atom. The van der Waals surface area contributed by atoms with E-state index in [-0.39, 0.29) is 5.91 Å². The molecule has 0 saturated heterocycles. The van der Waals surface area contributed by atoms with E-state index in [9.17, 15) is 4.79 Å². The van der Waals surface area contributed by atoms with Crippen LogP contribution in [0.2, 0.25) is 0 Å². The zero-order valence-corrected chi connectivity index (χ0v) is 9.58. The van der Waals surface area contributed by atoms with Crippen LogP contribution in [-0.2, 0) is 0 Å². The molecule has 0 N–H and O–H groups in total. The molecular weight excluding hydrogens is 210 g/mol. The summed E-state index contributed by atoms with van der Waals surface area (Å²) in [5.41, 5.74) is 2.15. The molecule has 1 aromatic carbocycles. The molecule has 1 rings (SSSR count). The Bertz CT molecular complexity index is 346. The van der Waals surface area contributed by atoms with Gasteiger partial charge in [-0.3, -0.25) is 4.79 Å². The second kappa shape index (κ2) is 6.24. The Balaban J connectivity index is 2.66. The van der Waals surface area contributed by atoms with E-state index in [1.165, 1.54) is 11.8 Å². The number of carbonyl (C=O) groups is 1. The molecular formula is C11H13NO2S. The van der Waals surface area contributed by atoms with Crippen LogP contribution in [0.15, 0.2) is 29.3 Å². The summed E-state index contributed by atoms with van der Waals surface area (Å²) < 4.78 is 4.99. The van der Waals surface area contributed by atoms with Gasteiger partial charge in [0.25, 0.3) is 5.91 Å². The maximum Gasteiger partial charge on any atom is 0.277 e. The molecule has 0 heterocycles. The van der Waals surface area contributed by atoms with Gasteiger partial charge in [0.2, 0.25) is 0 Å². The molecule has 0 atom stereocenters. The van der Waals surface area contributed by atoms with Gasteiger partial charge < -0.3 is 4.74 Å². The monoisotopic (exact) mass is 223 g/mol. The van der Waals surface area contributed by atoms with E-state index in [0.717, 1.165) is 11.5 Å². The summed E-state index contributed by atoms with van der Waals surface area (Å²) in [6.45, 7) is 2.01. The van der Waals surface area contributed by atoms with Crippen LogP contribution in [0, 0.1) is 0 Å². The SMILES string of the molecule is CCSC=NC(=O)c1ccc(OC)cc1. The van der Waals surface area contributed by atoms with Crippen LogP contribution >= 0.6 is 11.8 Å². The molecule has 0 unspecified atom stereocenters. The number of hydrogen-bond donors (Lipinski definition) is 0. The highest BCUT2D eigenvalue weighted by Gasteiger charge is 2.02. The first-order chi connectivity index (χ1) is 7.27. The number of rotatable bonds is 4. The summed E-state index contributed by atoms with van der Waals surface area (Å²) in [7, 11) is 1.59. The number of thioether (sulfide) groups is 1. The van der Waals surface area contributed by atoms with Crippen molar-refractivity contribution in [2.45, 2.75) is 6.92 Å². The third kappa shape index (κ3) is 3.75. The fourth-order valence-corrected chi connectivity index (χ4v) is 1.29. The quantitative estimate of drug-likeness (QED) is 0.581. The van der Waals surface area contributed by atoms with Crippen LogP contribution in [0.1, 0.15) is 17.3 Å². The topological polar surface area (TPSA) is 38.7 Å². The molecule has 15 heavy (non-hydrogen) atoms. The maximum absolute atomic E-state index is 11.5. The first kappa shape index (κ1) is 11.8. The Morgan fingerprint density at radius 1 is 1.47 bits per heavy atom. The Hall–Kier alpha value is -1.29. The Labute approximate surface area is 93.5 Å². The summed E-state index contributed by atoms with van der Waals surface area (Å²) in [4.78, 5) is 15.3. The summed E-state index contributed by atoms with van der Waals surface area (Å²) in [5.74, 6) is 1.43. The van der Waals surface area contributed by atoms with Crippen molar-refractivity contribution in [3.8, 4) is 5.75 Å². The van der Waals surface area contributed by atoms with E-state index in [1.807, 2.05) is 6.92 Å². The zero-order chi connectivity index (χ0) is 11.1. The molecule has 0 aliphatic heterocycles. The van der Waals surface area contributed by atoms with E-state index in [2.05, 4.69) is 4.99 Å². The summed E-state index contributed by atoms with van der Waals surface area (Å²) >= 11 is 1.50. The number of amides is 1. The molecule has 0 aromatic heterocycles. The summed E-state index contributed by atoms with van der Waals surface area (Å²) in [5, 5.41) is 0. The third-order valence-corrected chi connectivity index (χ3v) is 2.34. The van der Waals surface area contributed by atoms with Gasteiger partial charge in [-0.1, -0.05) is 6.92 Å². The van der Waals surface area contributed by atoms with Crippen LogP contribution in [0.3, 0.4) is 0 Å². The van der Waals surface area contributed by atoms with Gasteiger partial charge in [0, 0.05) is 5.56 Å². The van der Waals surface area contributed by atoms with Crippen molar-refractivity contribution in [3.63, 3.8) is 0 Å². The molecule has 1 aromatic rings. The lowest BCUT2D eigenvalue weighted by Gasteiger charge is -1.99. The first-order valence-electron chi connectivity index (χ1n) is 4.60. The minimum Gasteiger partial charge on any atom is -0.497 e. The van der Waals surface area contributed by atoms with Crippen LogP contribution in [0.5, 0.6) is 5.75 Å². The molecule has 0 bridgehead atoms. The molecule has 1 amide bonds. The average Bonchev–Trinajstić information content (AvgIpc) is 2.29. The second-order valence-electron chi connectivity index (χ2n) is 2.72. The van der Waals surface area contributed by atoms with E-state index in [1.54, 1.807) is 36.9 Å². The highest BCUT2D eigenvalue weighted by Crippen LogP contribution is 2.12. The second-order valence-corrected chi connectivity index (χ2v) is 3.85. The lowest BCUT2D eigenvalue weighted by molar-refractivity contribution is 0.100. The Kier molecular flexibility index (Phi) is 4.90. The molecule has 0 spiro atoms. The number of carbonyl (C=O) groups excluding carboxylic acids is 1. The van der Waals surface area contributed by atoms with Crippen molar-refractivity contribution >= 4 is 23.2 Å². The van der Waals surface area contributed by atoms with Gasteiger partial charge in [0.05, 0.1) is 12.7 Å². The molecule has 0 saturated carbocycles. The highest BCUT2D eigenvalue weighted by molar-refractivity contribution is 8.12. The van der Waals surface area contributed by atoms with Crippen molar-refractivity contribution in [2.24, 2.45) is 4.99 Å². The van der Waals surface area contributed by atoms with Gasteiger partial charge in [0.1, 0.15) is 5.75 Å². The lowest BCUT2D eigenvalue weighted by atomic mass is 10.2. The standard InChI is InChI=1S/C11H13NO2S/c1-3-15-8-12-11(13)9-4-6-10(14-2)7-5-9/h4-8H,3H2,1-2H3. The van der Waals surface area contributed by atoms with Crippen LogP contribution < -0.4 is 4.74 Å². The molecule has 0 aliphatic carbocycles. The number of nitrogens with zero attached hydrogens (tertiary/aromatic N) is 1. The van der Waals surface area contributed by atoms with Gasteiger partial charge in [-0.05, 0) is 30.0 Å². The lowest BCUT2D eigenvalue weighted by Crippen LogP contribution is -1.94. The van der Waals surface area contributed by atoms with Gasteiger partial charge in [-0.15, -0.1) is 11.8 Å². The number of methoxy groups -OCH3 is 1. The van der Waals surface area contributed by atoms with Crippen LogP contribution in [0.4, 0.5) is 0 Å². The highest BCUT2D eigenvalue weighted by atomic mass is 32.2. The third-order valence-electron chi connectivity index (χ3n) is 1.75. The first-order valence-corrected chi connectivity index (χ1v) is 5.65. The predicted molar refractivity (Wildman–Crippen MR) is 63.9 cm³/mol. The average molecular weight is 223 g/mol. The summed E-state index contributed by atoms with van der Waals surface area (Å²) in [6.07, 6.45) is 0. The Morgan fingerprint density at radius 2 is 2.13 bits per heavy atom. The largest absolute Gasteiger partial charge is 0.497 e. The zero-order valence-electron chi connectivity index (χ0n) is 8.77. The van der Waals surface area contributed by atoms with Gasteiger partial charge in [-0.2, -0.15) is 0 Å². The van der Waals surface area contributed by atoms with Crippen LogP contribution in [-0.4, -0.2) is 24.3 Å². The number of benzene rings is 1. The minimum absolute atomic E-state index is 0.224. The molecule has 0 radical (unpaired) electrons. The fraction of sp³-hybridized carbons (Fsp3) is 0.273. The van der Waals surface area contributed by atoms with Crippen molar-refractivity contribution < 1.29 is 9.53 Å². The van der Waals surface area contributed by atoms with E-state index in [0.29, 0.717) is 5.56 Å². The van der Waals surface area contributed by atoms with E-state index >= 15 is 0 Å². The van der Waals surface area contributed by atoms with Gasteiger partial charge in [0.15, 0.2) is 0 Å². The molecule has 80 valence electrons. The fourth-order valence-electron chi connectivity index (χ4n) is 0.968.